The third-order valence-corrected chi connectivity index (χ3v) is 4.37. The van der Waals surface area contributed by atoms with E-state index in [1.807, 2.05) is 18.4 Å². The molecule has 0 aliphatic carbocycles. The summed E-state index contributed by atoms with van der Waals surface area (Å²) in [5.41, 5.74) is 4.53. The van der Waals surface area contributed by atoms with Gasteiger partial charge < -0.3 is 5.11 Å². The van der Waals surface area contributed by atoms with Gasteiger partial charge in [-0.15, -0.1) is 11.3 Å². The van der Waals surface area contributed by atoms with Gasteiger partial charge >= 0.3 is 0 Å². The van der Waals surface area contributed by atoms with E-state index in [4.69, 9.17) is 11.6 Å². The van der Waals surface area contributed by atoms with Crippen molar-refractivity contribution < 1.29 is 5.11 Å². The minimum atomic E-state index is -0.577. The molecule has 2 rings (SSSR count). The smallest absolute Gasteiger partial charge is 0.114 e. The lowest BCUT2D eigenvalue weighted by atomic mass is 9.96. The first-order valence-electron chi connectivity index (χ1n) is 5.49. The number of benzene rings is 1. The molecule has 1 atom stereocenters. The van der Waals surface area contributed by atoms with Crippen LogP contribution in [0.1, 0.15) is 33.2 Å². The first kappa shape index (κ1) is 12.6. The minimum Gasteiger partial charge on any atom is -0.383 e. The van der Waals surface area contributed by atoms with Crippen molar-refractivity contribution in [2.75, 3.05) is 0 Å². The summed E-state index contributed by atoms with van der Waals surface area (Å²) in [6, 6.07) is 6.00. The highest BCUT2D eigenvalue weighted by atomic mass is 35.5. The molecule has 17 heavy (non-hydrogen) atoms. The van der Waals surface area contributed by atoms with E-state index >= 15 is 0 Å². The number of aryl methyl sites for hydroxylation is 3. The van der Waals surface area contributed by atoms with Crippen LogP contribution in [-0.4, -0.2) is 5.11 Å². The second kappa shape index (κ2) is 4.81. The second-order valence-corrected chi connectivity index (χ2v) is 5.74. The summed E-state index contributed by atoms with van der Waals surface area (Å²) in [5.74, 6) is 0. The molecule has 0 radical (unpaired) electrons. The molecule has 0 aliphatic heterocycles. The number of halogens is 1. The molecule has 0 bridgehead atoms. The molecule has 1 unspecified atom stereocenters. The Morgan fingerprint density at radius 3 is 2.29 bits per heavy atom. The van der Waals surface area contributed by atoms with Crippen molar-refractivity contribution in [2.24, 2.45) is 0 Å². The summed E-state index contributed by atoms with van der Waals surface area (Å²) in [5, 5.41) is 12.9. The minimum absolute atomic E-state index is 0.577. The Kier molecular flexibility index (Phi) is 3.57. The van der Waals surface area contributed by atoms with Gasteiger partial charge in [-0.1, -0.05) is 23.7 Å². The van der Waals surface area contributed by atoms with Gasteiger partial charge in [0.25, 0.3) is 0 Å². The maximum Gasteiger partial charge on any atom is 0.114 e. The molecule has 1 N–H and O–H groups in total. The molecule has 1 aromatic heterocycles. The molecular formula is C14H15ClOS. The van der Waals surface area contributed by atoms with Gasteiger partial charge in [0.2, 0.25) is 0 Å². The molecule has 0 spiro atoms. The Morgan fingerprint density at radius 2 is 1.71 bits per heavy atom. The van der Waals surface area contributed by atoms with E-state index < -0.39 is 6.10 Å². The Labute approximate surface area is 111 Å². The normalized spacial score (nSPS) is 12.8. The van der Waals surface area contributed by atoms with Crippen molar-refractivity contribution in [3.05, 3.63) is 55.7 Å². The predicted octanol–water partition coefficient (Wildman–Crippen LogP) is 4.41. The Morgan fingerprint density at radius 1 is 1.06 bits per heavy atom. The lowest BCUT2D eigenvalue weighted by molar-refractivity contribution is 0.223. The van der Waals surface area contributed by atoms with Crippen molar-refractivity contribution in [2.45, 2.75) is 26.9 Å². The number of rotatable bonds is 2. The van der Waals surface area contributed by atoms with Gasteiger partial charge in [0.15, 0.2) is 0 Å². The van der Waals surface area contributed by atoms with Gasteiger partial charge in [-0.2, -0.15) is 0 Å². The molecule has 1 heterocycles. The van der Waals surface area contributed by atoms with E-state index in [2.05, 4.69) is 26.0 Å². The van der Waals surface area contributed by atoms with Crippen LogP contribution in [0.5, 0.6) is 0 Å². The van der Waals surface area contributed by atoms with Crippen LogP contribution in [0, 0.1) is 20.8 Å². The van der Waals surface area contributed by atoms with E-state index in [1.165, 1.54) is 22.5 Å². The van der Waals surface area contributed by atoms with Crippen molar-refractivity contribution in [3.63, 3.8) is 0 Å². The van der Waals surface area contributed by atoms with Crippen molar-refractivity contribution in [3.8, 4) is 0 Å². The zero-order valence-electron chi connectivity index (χ0n) is 10.1. The predicted molar refractivity (Wildman–Crippen MR) is 74.0 cm³/mol. The SMILES string of the molecule is Cc1cc(C)c(C(O)c2cc(Cl)cs2)cc1C. The summed E-state index contributed by atoms with van der Waals surface area (Å²) in [7, 11) is 0. The number of hydrogen-bond acceptors (Lipinski definition) is 2. The average Bonchev–Trinajstić information content (AvgIpc) is 2.69. The zero-order valence-corrected chi connectivity index (χ0v) is 11.7. The van der Waals surface area contributed by atoms with Gasteiger partial charge in [0.1, 0.15) is 6.10 Å². The van der Waals surface area contributed by atoms with Gasteiger partial charge in [-0.3, -0.25) is 0 Å². The van der Waals surface area contributed by atoms with Crippen LogP contribution in [0.3, 0.4) is 0 Å². The molecule has 0 amide bonds. The lowest BCUT2D eigenvalue weighted by Gasteiger charge is -2.14. The average molecular weight is 267 g/mol. The van der Waals surface area contributed by atoms with E-state index in [-0.39, 0.29) is 0 Å². The van der Waals surface area contributed by atoms with Crippen LogP contribution in [0.15, 0.2) is 23.6 Å². The van der Waals surface area contributed by atoms with E-state index in [9.17, 15) is 5.11 Å². The largest absolute Gasteiger partial charge is 0.383 e. The molecule has 1 aromatic carbocycles. The number of aliphatic hydroxyl groups excluding tert-OH is 1. The zero-order chi connectivity index (χ0) is 12.6. The highest BCUT2D eigenvalue weighted by Gasteiger charge is 2.15. The van der Waals surface area contributed by atoms with Crippen molar-refractivity contribution >= 4 is 22.9 Å². The van der Waals surface area contributed by atoms with Crippen LogP contribution in [0.4, 0.5) is 0 Å². The molecule has 0 saturated heterocycles. The second-order valence-electron chi connectivity index (χ2n) is 4.36. The maximum absolute atomic E-state index is 10.4. The van der Waals surface area contributed by atoms with Crippen LogP contribution >= 0.6 is 22.9 Å². The Balaban J connectivity index is 2.43. The molecule has 0 aliphatic rings. The van der Waals surface area contributed by atoms with Gasteiger partial charge in [-0.25, -0.2) is 0 Å². The molecule has 2 aromatic rings. The molecule has 1 nitrogen and oxygen atoms in total. The van der Waals surface area contributed by atoms with Crippen LogP contribution in [0.25, 0.3) is 0 Å². The highest BCUT2D eigenvalue weighted by Crippen LogP contribution is 2.32. The molecule has 0 saturated carbocycles. The molecule has 0 fully saturated rings. The number of hydrogen-bond donors (Lipinski definition) is 1. The Bertz CT molecular complexity index is 545. The van der Waals surface area contributed by atoms with E-state index in [0.717, 1.165) is 16.0 Å². The number of aliphatic hydroxyl groups is 1. The molecular weight excluding hydrogens is 252 g/mol. The number of thiophene rings is 1. The summed E-state index contributed by atoms with van der Waals surface area (Å²) >= 11 is 7.38. The van der Waals surface area contributed by atoms with Crippen molar-refractivity contribution in [1.82, 2.24) is 0 Å². The fourth-order valence-electron chi connectivity index (χ4n) is 1.90. The fourth-order valence-corrected chi connectivity index (χ4v) is 2.99. The van der Waals surface area contributed by atoms with E-state index in [1.54, 1.807) is 0 Å². The summed E-state index contributed by atoms with van der Waals surface area (Å²) in [6.45, 7) is 6.17. The lowest BCUT2D eigenvalue weighted by Crippen LogP contribution is -2.01. The van der Waals surface area contributed by atoms with Crippen molar-refractivity contribution in [1.29, 1.82) is 0 Å². The highest BCUT2D eigenvalue weighted by molar-refractivity contribution is 7.10. The third kappa shape index (κ3) is 2.54. The van der Waals surface area contributed by atoms with E-state index in [0.29, 0.717) is 5.02 Å². The molecule has 3 heteroatoms. The van der Waals surface area contributed by atoms with Crippen LogP contribution in [0.2, 0.25) is 5.02 Å². The first-order chi connectivity index (χ1) is 7.99. The Hall–Kier alpha value is -0.830. The monoisotopic (exact) mass is 266 g/mol. The summed E-state index contributed by atoms with van der Waals surface area (Å²) < 4.78 is 0. The summed E-state index contributed by atoms with van der Waals surface area (Å²) in [6.07, 6.45) is -0.577. The standard InChI is InChI=1S/C14H15ClOS/c1-8-4-10(3)12(5-9(8)2)14(16)13-6-11(15)7-17-13/h4-7,14,16H,1-3H3. The van der Waals surface area contributed by atoms with Gasteiger partial charge in [0.05, 0.1) is 5.02 Å². The van der Waals surface area contributed by atoms with Crippen LogP contribution in [-0.2, 0) is 0 Å². The maximum atomic E-state index is 10.4. The van der Waals surface area contributed by atoms with Crippen LogP contribution < -0.4 is 0 Å². The van der Waals surface area contributed by atoms with Gasteiger partial charge in [0, 0.05) is 10.3 Å². The third-order valence-electron chi connectivity index (χ3n) is 3.03. The summed E-state index contributed by atoms with van der Waals surface area (Å²) in [4.78, 5) is 0.890. The first-order valence-corrected chi connectivity index (χ1v) is 6.74. The van der Waals surface area contributed by atoms with Gasteiger partial charge in [-0.05, 0) is 49.1 Å². The molecule has 90 valence electrons. The fraction of sp³-hybridized carbons (Fsp3) is 0.286. The topological polar surface area (TPSA) is 20.2 Å². The quantitative estimate of drug-likeness (QED) is 0.854.